The van der Waals surface area contributed by atoms with Crippen molar-refractivity contribution >= 4 is 39.1 Å². The highest BCUT2D eigenvalue weighted by Crippen LogP contribution is 2.31. The quantitative estimate of drug-likeness (QED) is 0.557. The minimum atomic E-state index is 0.519. The fraction of sp³-hybridized carbons (Fsp3) is 0.294. The summed E-state index contributed by atoms with van der Waals surface area (Å²) in [5.74, 6) is 0.519. The second-order valence-corrected chi connectivity index (χ2v) is 7.10. The minimum Gasteiger partial charge on any atom is -0.0839 e. The van der Waals surface area contributed by atoms with Gasteiger partial charge in [-0.25, -0.2) is 0 Å². The van der Waals surface area contributed by atoms with E-state index in [-0.39, 0.29) is 0 Å². The molecule has 0 N–H and O–H groups in total. The molecule has 0 bridgehead atoms. The maximum absolute atomic E-state index is 6.30. The Hall–Kier alpha value is -0.500. The molecule has 2 aromatic carbocycles. The van der Waals surface area contributed by atoms with Crippen molar-refractivity contribution in [3.8, 4) is 0 Å². The Balaban J connectivity index is 2.38. The summed E-state index contributed by atoms with van der Waals surface area (Å²) in [6.45, 7) is 6.58. The molecule has 2 rings (SSSR count). The van der Waals surface area contributed by atoms with E-state index in [2.05, 4.69) is 54.9 Å². The van der Waals surface area contributed by atoms with E-state index in [4.69, 9.17) is 23.2 Å². The van der Waals surface area contributed by atoms with Crippen LogP contribution in [0.15, 0.2) is 34.8 Å². The van der Waals surface area contributed by atoms with Crippen LogP contribution in [0.3, 0.4) is 0 Å². The molecule has 0 saturated heterocycles. The van der Waals surface area contributed by atoms with E-state index in [9.17, 15) is 0 Å². The first-order valence-corrected chi connectivity index (χ1v) is 8.16. The van der Waals surface area contributed by atoms with Crippen LogP contribution >= 0.6 is 39.1 Å². The number of rotatable bonds is 3. The molecule has 0 heterocycles. The van der Waals surface area contributed by atoms with Crippen LogP contribution < -0.4 is 0 Å². The van der Waals surface area contributed by atoms with E-state index in [0.717, 1.165) is 16.5 Å². The molecule has 0 nitrogen and oxygen atoms in total. The lowest BCUT2D eigenvalue weighted by Gasteiger charge is -2.13. The van der Waals surface area contributed by atoms with Crippen LogP contribution in [0.1, 0.15) is 42.0 Å². The van der Waals surface area contributed by atoms with Gasteiger partial charge in [0.25, 0.3) is 0 Å². The van der Waals surface area contributed by atoms with Gasteiger partial charge < -0.3 is 0 Å². The highest BCUT2D eigenvalue weighted by Gasteiger charge is 2.10. The summed E-state index contributed by atoms with van der Waals surface area (Å²) in [6.07, 6.45) is 0.755. The zero-order valence-electron chi connectivity index (χ0n) is 11.8. The smallest absolute Gasteiger partial charge is 0.0467 e. The monoisotopic (exact) mass is 370 g/mol. The van der Waals surface area contributed by atoms with Crippen LogP contribution in [0.25, 0.3) is 0 Å². The van der Waals surface area contributed by atoms with Crippen molar-refractivity contribution in [2.75, 3.05) is 0 Å². The number of halogens is 3. The average molecular weight is 372 g/mol. The largest absolute Gasteiger partial charge is 0.0839 e. The van der Waals surface area contributed by atoms with Crippen molar-refractivity contribution < 1.29 is 0 Å². The van der Waals surface area contributed by atoms with Crippen LogP contribution in [0.5, 0.6) is 0 Å². The fourth-order valence-electron chi connectivity index (χ4n) is 2.37. The molecule has 0 fully saturated rings. The van der Waals surface area contributed by atoms with Crippen molar-refractivity contribution in [1.82, 2.24) is 0 Å². The van der Waals surface area contributed by atoms with Gasteiger partial charge in [-0.1, -0.05) is 71.2 Å². The van der Waals surface area contributed by atoms with Crippen LogP contribution in [0, 0.1) is 6.92 Å². The average Bonchev–Trinajstić information content (AvgIpc) is 2.35. The molecule has 0 aliphatic rings. The Bertz CT molecular complexity index is 610. The number of hydrogen-bond donors (Lipinski definition) is 0. The van der Waals surface area contributed by atoms with E-state index >= 15 is 0 Å². The second kappa shape index (κ2) is 6.51. The third-order valence-electron chi connectivity index (χ3n) is 3.45. The zero-order chi connectivity index (χ0) is 14.9. The SMILES string of the molecule is Cc1ccc(Cc2c(Cl)cc(Br)cc2Cl)cc1C(C)C. The second-order valence-electron chi connectivity index (χ2n) is 5.37. The van der Waals surface area contributed by atoms with E-state index in [0.29, 0.717) is 16.0 Å². The topological polar surface area (TPSA) is 0 Å². The summed E-state index contributed by atoms with van der Waals surface area (Å²) >= 11 is 16.0. The molecule has 0 aliphatic carbocycles. The van der Waals surface area contributed by atoms with Crippen LogP contribution in [0.4, 0.5) is 0 Å². The highest BCUT2D eigenvalue weighted by atomic mass is 79.9. The van der Waals surface area contributed by atoms with E-state index in [1.54, 1.807) is 0 Å². The Labute approximate surface area is 139 Å². The van der Waals surface area contributed by atoms with Crippen molar-refractivity contribution in [2.24, 2.45) is 0 Å². The Kier molecular flexibility index (Phi) is 5.17. The van der Waals surface area contributed by atoms with Gasteiger partial charge in [-0.05, 0) is 47.2 Å². The third-order valence-corrected chi connectivity index (χ3v) is 4.58. The maximum atomic E-state index is 6.30. The molecule has 0 unspecified atom stereocenters. The Morgan fingerprint density at radius 1 is 1.05 bits per heavy atom. The van der Waals surface area contributed by atoms with Gasteiger partial charge >= 0.3 is 0 Å². The van der Waals surface area contributed by atoms with Crippen LogP contribution in [0.2, 0.25) is 10.0 Å². The minimum absolute atomic E-state index is 0.519. The lowest BCUT2D eigenvalue weighted by molar-refractivity contribution is 0.853. The van der Waals surface area contributed by atoms with E-state index in [1.165, 1.54) is 16.7 Å². The molecule has 0 atom stereocenters. The molecule has 0 amide bonds. The highest BCUT2D eigenvalue weighted by molar-refractivity contribution is 9.10. The lowest BCUT2D eigenvalue weighted by Crippen LogP contribution is -1.97. The van der Waals surface area contributed by atoms with E-state index in [1.807, 2.05) is 12.1 Å². The third kappa shape index (κ3) is 3.58. The first-order valence-electron chi connectivity index (χ1n) is 6.61. The predicted octanol–water partition coefficient (Wildman–Crippen LogP) is 6.78. The summed E-state index contributed by atoms with van der Waals surface area (Å²) in [7, 11) is 0. The van der Waals surface area contributed by atoms with Crippen LogP contribution in [-0.2, 0) is 6.42 Å². The molecule has 20 heavy (non-hydrogen) atoms. The van der Waals surface area contributed by atoms with Gasteiger partial charge in [0.15, 0.2) is 0 Å². The molecule has 0 spiro atoms. The van der Waals surface area contributed by atoms with Gasteiger partial charge in [0.2, 0.25) is 0 Å². The fourth-order valence-corrected chi connectivity index (χ4v) is 3.71. The summed E-state index contributed by atoms with van der Waals surface area (Å²) in [4.78, 5) is 0. The molecule has 106 valence electrons. The summed E-state index contributed by atoms with van der Waals surface area (Å²) in [5.41, 5.74) is 4.93. The van der Waals surface area contributed by atoms with E-state index < -0.39 is 0 Å². The summed E-state index contributed by atoms with van der Waals surface area (Å²) < 4.78 is 0.906. The Morgan fingerprint density at radius 3 is 2.20 bits per heavy atom. The molecule has 3 heteroatoms. The maximum Gasteiger partial charge on any atom is 0.0467 e. The summed E-state index contributed by atoms with van der Waals surface area (Å²) in [5, 5.41) is 1.41. The normalized spacial score (nSPS) is 11.2. The Morgan fingerprint density at radius 2 is 1.65 bits per heavy atom. The van der Waals surface area contributed by atoms with Crippen molar-refractivity contribution in [3.63, 3.8) is 0 Å². The van der Waals surface area contributed by atoms with Gasteiger partial charge in [0, 0.05) is 20.9 Å². The van der Waals surface area contributed by atoms with Gasteiger partial charge in [0.05, 0.1) is 0 Å². The molecular weight excluding hydrogens is 355 g/mol. The molecule has 0 saturated carbocycles. The number of benzene rings is 2. The molecular formula is C17H17BrCl2. The molecule has 0 aromatic heterocycles. The molecule has 2 aromatic rings. The van der Waals surface area contributed by atoms with Gasteiger partial charge in [-0.2, -0.15) is 0 Å². The zero-order valence-corrected chi connectivity index (χ0v) is 14.9. The van der Waals surface area contributed by atoms with Crippen molar-refractivity contribution in [1.29, 1.82) is 0 Å². The van der Waals surface area contributed by atoms with Crippen LogP contribution in [-0.4, -0.2) is 0 Å². The van der Waals surface area contributed by atoms with Gasteiger partial charge in [0.1, 0.15) is 0 Å². The molecule has 0 radical (unpaired) electrons. The standard InChI is InChI=1S/C17H17BrCl2/c1-10(2)14-6-12(5-4-11(14)3)7-15-16(19)8-13(18)9-17(15)20/h4-6,8-10H,7H2,1-3H3. The van der Waals surface area contributed by atoms with Gasteiger partial charge in [-0.15, -0.1) is 0 Å². The van der Waals surface area contributed by atoms with Crippen molar-refractivity contribution in [3.05, 3.63) is 67.1 Å². The number of hydrogen-bond acceptors (Lipinski definition) is 0. The van der Waals surface area contributed by atoms with Gasteiger partial charge in [-0.3, -0.25) is 0 Å². The first kappa shape index (κ1) is 15.9. The first-order chi connectivity index (χ1) is 9.38. The lowest BCUT2D eigenvalue weighted by atomic mass is 9.93. The number of aryl methyl sites for hydroxylation is 1. The van der Waals surface area contributed by atoms with Crippen molar-refractivity contribution in [2.45, 2.75) is 33.1 Å². The molecule has 0 aliphatic heterocycles. The summed E-state index contributed by atoms with van der Waals surface area (Å²) in [6, 6.07) is 10.4. The predicted molar refractivity (Wildman–Crippen MR) is 92.2 cm³/mol.